The van der Waals surface area contributed by atoms with Crippen LogP contribution in [0.3, 0.4) is 0 Å². The third kappa shape index (κ3) is 5.02. The summed E-state index contributed by atoms with van der Waals surface area (Å²) in [7, 11) is 1.71. The van der Waals surface area contributed by atoms with E-state index < -0.39 is 6.61 Å². The molecule has 2 N–H and O–H groups in total. The summed E-state index contributed by atoms with van der Waals surface area (Å²) in [4.78, 5) is 25.3. The van der Waals surface area contributed by atoms with Crippen LogP contribution in [0.15, 0.2) is 24.3 Å². The number of ether oxygens (including phenoxy) is 1. The molecule has 0 unspecified atom stereocenters. The number of benzene rings is 1. The van der Waals surface area contributed by atoms with E-state index in [2.05, 4.69) is 31.2 Å². The second kappa shape index (κ2) is 9.67. The third-order valence-corrected chi connectivity index (χ3v) is 5.20. The van der Waals surface area contributed by atoms with Crippen molar-refractivity contribution >= 4 is 17.4 Å². The van der Waals surface area contributed by atoms with Crippen molar-refractivity contribution in [2.24, 2.45) is 0 Å². The van der Waals surface area contributed by atoms with Crippen LogP contribution in [0.4, 0.5) is 11.6 Å². The van der Waals surface area contributed by atoms with Crippen molar-refractivity contribution in [3.05, 3.63) is 41.2 Å². The Labute approximate surface area is 171 Å². The number of aryl methyl sites for hydroxylation is 2. The van der Waals surface area contributed by atoms with Gasteiger partial charge in [0.05, 0.1) is 29.7 Å². The van der Waals surface area contributed by atoms with Crippen molar-refractivity contribution < 1.29 is 14.6 Å². The lowest BCUT2D eigenvalue weighted by atomic mass is 10.1. The number of ketones is 1. The summed E-state index contributed by atoms with van der Waals surface area (Å²) in [5, 5.41) is 12.3. The van der Waals surface area contributed by atoms with Crippen LogP contribution < -0.4 is 15.0 Å². The summed E-state index contributed by atoms with van der Waals surface area (Å²) in [5.74, 6) is 1.08. The van der Waals surface area contributed by atoms with E-state index >= 15 is 0 Å². The lowest BCUT2D eigenvalue weighted by Gasteiger charge is -2.36. The fourth-order valence-corrected chi connectivity index (χ4v) is 3.71. The number of nitrogens with zero attached hydrogens (tertiary/aromatic N) is 4. The molecule has 0 atom stereocenters. The molecule has 0 aliphatic carbocycles. The zero-order valence-corrected chi connectivity index (χ0v) is 17.3. The molecule has 8 heteroatoms. The van der Waals surface area contributed by atoms with Crippen molar-refractivity contribution in [1.29, 1.82) is 0 Å². The number of anilines is 2. The molecule has 2 heterocycles. The first-order chi connectivity index (χ1) is 14.0. The molecule has 8 nitrogen and oxygen atoms in total. The number of aliphatic hydroxyl groups excluding tert-OH is 1. The first-order valence-corrected chi connectivity index (χ1v) is 9.87. The molecule has 1 aromatic carbocycles. The Morgan fingerprint density at radius 1 is 1.14 bits per heavy atom. The second-order valence-corrected chi connectivity index (χ2v) is 7.10. The van der Waals surface area contributed by atoms with Gasteiger partial charge in [-0.1, -0.05) is 12.1 Å². The van der Waals surface area contributed by atoms with E-state index in [-0.39, 0.29) is 5.78 Å². The largest absolute Gasteiger partial charge is 0.495 e. The third-order valence-electron chi connectivity index (χ3n) is 5.20. The molecule has 0 saturated carbocycles. The molecule has 0 spiro atoms. The van der Waals surface area contributed by atoms with Gasteiger partial charge in [-0.15, -0.1) is 0 Å². The Hall–Kier alpha value is -2.71. The molecular weight excluding hydrogens is 370 g/mol. The predicted octanol–water partition coefficient (Wildman–Crippen LogP) is 1.51. The number of carbonyl (C=O) groups excluding carboxylic acids is 1. The molecule has 1 aliphatic rings. The topological polar surface area (TPSA) is 90.8 Å². The summed E-state index contributed by atoms with van der Waals surface area (Å²) in [6.07, 6.45) is 0. The minimum Gasteiger partial charge on any atom is -0.495 e. The van der Waals surface area contributed by atoms with Gasteiger partial charge in [-0.25, -0.2) is 9.97 Å². The van der Waals surface area contributed by atoms with Gasteiger partial charge in [-0.2, -0.15) is 0 Å². The minimum atomic E-state index is -0.529. The number of Topliss-reactive ketones (excluding diaryl/α,β-unsaturated/α-hetero) is 1. The van der Waals surface area contributed by atoms with Crippen LogP contribution in [-0.2, 0) is 0 Å². The standard InChI is InChI=1S/C21H29N5O3/c1-15-20(18(28)14-27)16(2)24-21(23-15)22-8-9-25-10-12-26(13-11-25)17-6-4-5-7-19(17)29-3/h4-7,27H,8-14H2,1-3H3,(H,22,23,24). The fraction of sp³-hybridized carbons (Fsp3) is 0.476. The fourth-order valence-electron chi connectivity index (χ4n) is 3.71. The van der Waals surface area contributed by atoms with Gasteiger partial charge in [0.15, 0.2) is 5.78 Å². The first-order valence-electron chi connectivity index (χ1n) is 9.87. The Balaban J connectivity index is 1.49. The molecule has 1 fully saturated rings. The average Bonchev–Trinajstić information content (AvgIpc) is 2.73. The molecule has 0 bridgehead atoms. The van der Waals surface area contributed by atoms with Gasteiger partial charge in [0.1, 0.15) is 12.4 Å². The van der Waals surface area contributed by atoms with Gasteiger partial charge < -0.3 is 20.1 Å². The number of piperazine rings is 1. The summed E-state index contributed by atoms with van der Waals surface area (Å²) in [6.45, 7) is 8.46. The van der Waals surface area contributed by atoms with Crippen molar-refractivity contribution in [3.63, 3.8) is 0 Å². The number of aromatic nitrogens is 2. The number of hydrogen-bond acceptors (Lipinski definition) is 8. The average molecular weight is 399 g/mol. The second-order valence-electron chi connectivity index (χ2n) is 7.10. The number of para-hydroxylation sites is 2. The van der Waals surface area contributed by atoms with E-state index in [9.17, 15) is 4.79 Å². The van der Waals surface area contributed by atoms with Gasteiger partial charge in [-0.3, -0.25) is 9.69 Å². The molecular formula is C21H29N5O3. The summed E-state index contributed by atoms with van der Waals surface area (Å²) in [5.41, 5.74) is 2.73. The van der Waals surface area contributed by atoms with Crippen LogP contribution in [-0.4, -0.2) is 78.7 Å². The Bertz CT molecular complexity index is 827. The highest BCUT2D eigenvalue weighted by molar-refractivity contribution is 5.98. The van der Waals surface area contributed by atoms with Crippen LogP contribution in [0.1, 0.15) is 21.7 Å². The zero-order chi connectivity index (χ0) is 20.8. The minimum absolute atomic E-state index is 0.348. The van der Waals surface area contributed by atoms with Gasteiger partial charge >= 0.3 is 0 Å². The lowest BCUT2D eigenvalue weighted by molar-refractivity contribution is 0.0901. The van der Waals surface area contributed by atoms with Gasteiger partial charge in [0.2, 0.25) is 5.95 Å². The number of methoxy groups -OCH3 is 1. The molecule has 3 rings (SSSR count). The number of aliphatic hydroxyl groups is 1. The van der Waals surface area contributed by atoms with Crippen LogP contribution in [0, 0.1) is 13.8 Å². The van der Waals surface area contributed by atoms with Gasteiger partial charge in [-0.05, 0) is 26.0 Å². The quantitative estimate of drug-likeness (QED) is 0.646. The predicted molar refractivity (Wildman–Crippen MR) is 113 cm³/mol. The van der Waals surface area contributed by atoms with E-state index in [1.807, 2.05) is 18.2 Å². The zero-order valence-electron chi connectivity index (χ0n) is 17.3. The van der Waals surface area contributed by atoms with Crippen molar-refractivity contribution in [3.8, 4) is 5.75 Å². The number of hydrogen-bond donors (Lipinski definition) is 2. The van der Waals surface area contributed by atoms with E-state index in [1.165, 1.54) is 0 Å². The molecule has 2 aromatic rings. The summed E-state index contributed by atoms with van der Waals surface area (Å²) < 4.78 is 5.47. The van der Waals surface area contributed by atoms with E-state index in [0.29, 0.717) is 22.9 Å². The summed E-state index contributed by atoms with van der Waals surface area (Å²) >= 11 is 0. The normalized spacial score (nSPS) is 14.7. The molecule has 156 valence electrons. The molecule has 1 aliphatic heterocycles. The molecule has 1 aromatic heterocycles. The van der Waals surface area contributed by atoms with Crippen LogP contribution in [0.25, 0.3) is 0 Å². The van der Waals surface area contributed by atoms with Crippen molar-refractivity contribution in [2.75, 3.05) is 63.2 Å². The van der Waals surface area contributed by atoms with E-state index in [4.69, 9.17) is 9.84 Å². The number of carbonyl (C=O) groups is 1. The maximum absolute atomic E-state index is 11.8. The van der Waals surface area contributed by atoms with E-state index in [0.717, 1.165) is 50.7 Å². The SMILES string of the molecule is COc1ccccc1N1CCN(CCNc2nc(C)c(C(=O)CO)c(C)n2)CC1. The highest BCUT2D eigenvalue weighted by Crippen LogP contribution is 2.28. The smallest absolute Gasteiger partial charge is 0.223 e. The maximum atomic E-state index is 11.8. The first kappa shape index (κ1) is 21.0. The van der Waals surface area contributed by atoms with Crippen LogP contribution in [0.2, 0.25) is 0 Å². The lowest BCUT2D eigenvalue weighted by Crippen LogP contribution is -2.47. The number of nitrogens with one attached hydrogen (secondary N) is 1. The highest BCUT2D eigenvalue weighted by atomic mass is 16.5. The highest BCUT2D eigenvalue weighted by Gasteiger charge is 2.19. The Morgan fingerprint density at radius 3 is 2.41 bits per heavy atom. The molecule has 29 heavy (non-hydrogen) atoms. The summed E-state index contributed by atoms with van der Waals surface area (Å²) in [6, 6.07) is 8.12. The Kier molecular flexibility index (Phi) is 7.00. The van der Waals surface area contributed by atoms with Crippen LogP contribution >= 0.6 is 0 Å². The molecule has 1 saturated heterocycles. The van der Waals surface area contributed by atoms with Gasteiger partial charge in [0, 0.05) is 39.3 Å². The van der Waals surface area contributed by atoms with Crippen LogP contribution in [0.5, 0.6) is 5.75 Å². The maximum Gasteiger partial charge on any atom is 0.223 e. The Morgan fingerprint density at radius 2 is 1.79 bits per heavy atom. The van der Waals surface area contributed by atoms with Crippen molar-refractivity contribution in [2.45, 2.75) is 13.8 Å². The molecule has 0 radical (unpaired) electrons. The van der Waals surface area contributed by atoms with Crippen molar-refractivity contribution in [1.82, 2.24) is 14.9 Å². The monoisotopic (exact) mass is 399 g/mol. The number of rotatable bonds is 8. The van der Waals surface area contributed by atoms with Gasteiger partial charge in [0.25, 0.3) is 0 Å². The van der Waals surface area contributed by atoms with E-state index in [1.54, 1.807) is 21.0 Å². The molecule has 0 amide bonds.